The third-order valence-corrected chi connectivity index (χ3v) is 3.85. The second-order valence-electron chi connectivity index (χ2n) is 5.61. The van der Waals surface area contributed by atoms with E-state index in [1.54, 1.807) is 26.2 Å². The molecule has 5 heteroatoms. The number of phenols is 1. The van der Waals surface area contributed by atoms with Crippen molar-refractivity contribution < 1.29 is 24.4 Å². The van der Waals surface area contributed by atoms with Gasteiger partial charge in [0, 0.05) is 0 Å². The monoisotopic (exact) mass is 344 g/mol. The lowest BCUT2D eigenvalue weighted by Crippen LogP contribution is -2.22. The zero-order valence-electron chi connectivity index (χ0n) is 14.9. The van der Waals surface area contributed by atoms with Gasteiger partial charge < -0.3 is 24.4 Å². The third kappa shape index (κ3) is 4.45. The SMILES string of the molecule is C/C=C/c1ccc(O[C@H](C)[C@@H](O)c2ccc(O)c(OC)c2)c(OC)c1. The van der Waals surface area contributed by atoms with Crippen LogP contribution in [0.5, 0.6) is 23.0 Å². The maximum absolute atomic E-state index is 10.5. The molecule has 0 saturated heterocycles. The first kappa shape index (κ1) is 18.7. The van der Waals surface area contributed by atoms with Crippen LogP contribution >= 0.6 is 0 Å². The molecule has 25 heavy (non-hydrogen) atoms. The Morgan fingerprint density at radius 2 is 1.68 bits per heavy atom. The Balaban J connectivity index is 2.19. The summed E-state index contributed by atoms with van der Waals surface area (Å²) >= 11 is 0. The van der Waals surface area contributed by atoms with Gasteiger partial charge in [-0.3, -0.25) is 0 Å². The van der Waals surface area contributed by atoms with E-state index in [2.05, 4.69) is 0 Å². The number of benzene rings is 2. The number of phenolic OH excluding ortho intramolecular Hbond substituents is 1. The van der Waals surface area contributed by atoms with Crippen LogP contribution in [0.1, 0.15) is 31.1 Å². The molecule has 2 atom stereocenters. The van der Waals surface area contributed by atoms with E-state index in [0.29, 0.717) is 22.8 Å². The first-order chi connectivity index (χ1) is 12.0. The van der Waals surface area contributed by atoms with Gasteiger partial charge in [-0.2, -0.15) is 0 Å². The Hall–Kier alpha value is -2.66. The third-order valence-electron chi connectivity index (χ3n) is 3.85. The zero-order valence-corrected chi connectivity index (χ0v) is 14.9. The Bertz CT molecular complexity index is 739. The molecule has 2 rings (SSSR count). The summed E-state index contributed by atoms with van der Waals surface area (Å²) in [7, 11) is 3.04. The van der Waals surface area contributed by atoms with Crippen molar-refractivity contribution in [1.82, 2.24) is 0 Å². The summed E-state index contributed by atoms with van der Waals surface area (Å²) in [6, 6.07) is 10.3. The molecular weight excluding hydrogens is 320 g/mol. The van der Waals surface area contributed by atoms with Crippen molar-refractivity contribution in [2.24, 2.45) is 0 Å². The lowest BCUT2D eigenvalue weighted by Gasteiger charge is -2.22. The van der Waals surface area contributed by atoms with Crippen LogP contribution in [0.2, 0.25) is 0 Å². The first-order valence-electron chi connectivity index (χ1n) is 8.02. The van der Waals surface area contributed by atoms with Gasteiger partial charge in [-0.25, -0.2) is 0 Å². The van der Waals surface area contributed by atoms with Crippen LogP contribution in [-0.2, 0) is 0 Å². The average Bonchev–Trinajstić information content (AvgIpc) is 2.62. The van der Waals surface area contributed by atoms with Crippen LogP contribution in [0.4, 0.5) is 0 Å². The Labute approximate surface area is 148 Å². The van der Waals surface area contributed by atoms with Crippen LogP contribution in [0, 0.1) is 0 Å². The quantitative estimate of drug-likeness (QED) is 0.796. The maximum Gasteiger partial charge on any atom is 0.161 e. The topological polar surface area (TPSA) is 68.2 Å². The Morgan fingerprint density at radius 3 is 2.32 bits per heavy atom. The minimum absolute atomic E-state index is 0.0215. The van der Waals surface area contributed by atoms with E-state index in [9.17, 15) is 10.2 Å². The van der Waals surface area contributed by atoms with Gasteiger partial charge >= 0.3 is 0 Å². The molecule has 0 spiro atoms. The second kappa shape index (κ2) is 8.44. The van der Waals surface area contributed by atoms with Gasteiger partial charge in [0.2, 0.25) is 0 Å². The smallest absolute Gasteiger partial charge is 0.161 e. The molecule has 0 fully saturated rings. The van der Waals surface area contributed by atoms with E-state index in [-0.39, 0.29) is 5.75 Å². The summed E-state index contributed by atoms with van der Waals surface area (Å²) in [5, 5.41) is 20.2. The van der Waals surface area contributed by atoms with Gasteiger partial charge in [-0.05, 0) is 49.2 Å². The molecule has 0 unspecified atom stereocenters. The highest BCUT2D eigenvalue weighted by molar-refractivity contribution is 5.55. The largest absolute Gasteiger partial charge is 0.504 e. The summed E-state index contributed by atoms with van der Waals surface area (Å²) < 4.78 is 16.3. The van der Waals surface area contributed by atoms with Crippen molar-refractivity contribution in [3.8, 4) is 23.0 Å². The summed E-state index contributed by atoms with van der Waals surface area (Å²) in [6.07, 6.45) is 2.48. The lowest BCUT2D eigenvalue weighted by atomic mass is 10.0. The number of allylic oxidation sites excluding steroid dienone is 1. The zero-order chi connectivity index (χ0) is 18.4. The lowest BCUT2D eigenvalue weighted by molar-refractivity contribution is 0.0450. The van der Waals surface area contributed by atoms with Gasteiger partial charge in [0.15, 0.2) is 23.0 Å². The number of hydrogen-bond acceptors (Lipinski definition) is 5. The number of aliphatic hydroxyl groups is 1. The maximum atomic E-state index is 10.5. The molecule has 0 radical (unpaired) electrons. The van der Waals surface area contributed by atoms with E-state index in [0.717, 1.165) is 5.56 Å². The van der Waals surface area contributed by atoms with Crippen LogP contribution in [-0.4, -0.2) is 30.5 Å². The van der Waals surface area contributed by atoms with Crippen LogP contribution in [0.25, 0.3) is 6.08 Å². The highest BCUT2D eigenvalue weighted by Gasteiger charge is 2.21. The molecule has 2 N–H and O–H groups in total. The molecule has 0 heterocycles. The number of aliphatic hydroxyl groups excluding tert-OH is 1. The van der Waals surface area contributed by atoms with Crippen molar-refractivity contribution >= 4 is 6.08 Å². The number of hydrogen-bond donors (Lipinski definition) is 2. The van der Waals surface area contributed by atoms with Crippen LogP contribution in [0.15, 0.2) is 42.5 Å². The molecule has 0 aromatic heterocycles. The summed E-state index contributed by atoms with van der Waals surface area (Å²) in [5.41, 5.74) is 1.59. The molecule has 2 aromatic rings. The minimum atomic E-state index is -0.894. The van der Waals surface area contributed by atoms with Gasteiger partial charge in [0.25, 0.3) is 0 Å². The molecule has 0 aliphatic heterocycles. The minimum Gasteiger partial charge on any atom is -0.504 e. The van der Waals surface area contributed by atoms with Crippen molar-refractivity contribution in [2.75, 3.05) is 14.2 Å². The number of aromatic hydroxyl groups is 1. The van der Waals surface area contributed by atoms with E-state index >= 15 is 0 Å². The summed E-state index contributed by atoms with van der Waals surface area (Å²) in [4.78, 5) is 0. The number of ether oxygens (including phenoxy) is 3. The van der Waals surface area contributed by atoms with Gasteiger partial charge in [0.05, 0.1) is 14.2 Å². The predicted octanol–water partition coefficient (Wildman–Crippen LogP) is 3.94. The van der Waals surface area contributed by atoms with Gasteiger partial charge in [0.1, 0.15) is 12.2 Å². The number of rotatable bonds is 7. The Kier molecular flexibility index (Phi) is 6.31. The van der Waals surface area contributed by atoms with Crippen molar-refractivity contribution in [1.29, 1.82) is 0 Å². The second-order valence-corrected chi connectivity index (χ2v) is 5.61. The first-order valence-corrected chi connectivity index (χ1v) is 8.02. The van der Waals surface area contributed by atoms with E-state index in [1.165, 1.54) is 13.2 Å². The van der Waals surface area contributed by atoms with E-state index in [1.807, 2.05) is 37.3 Å². The average molecular weight is 344 g/mol. The molecule has 5 nitrogen and oxygen atoms in total. The van der Waals surface area contributed by atoms with Crippen molar-refractivity contribution in [3.63, 3.8) is 0 Å². The van der Waals surface area contributed by atoms with Crippen molar-refractivity contribution in [2.45, 2.75) is 26.1 Å². The van der Waals surface area contributed by atoms with Crippen LogP contribution < -0.4 is 14.2 Å². The van der Waals surface area contributed by atoms with Crippen LogP contribution in [0.3, 0.4) is 0 Å². The summed E-state index contributed by atoms with van der Waals surface area (Å²) in [5.74, 6) is 1.47. The fraction of sp³-hybridized carbons (Fsp3) is 0.300. The highest BCUT2D eigenvalue weighted by Crippen LogP contribution is 2.34. The molecule has 0 bridgehead atoms. The number of methoxy groups -OCH3 is 2. The Morgan fingerprint density at radius 1 is 0.960 bits per heavy atom. The molecule has 2 aromatic carbocycles. The molecular formula is C20H24O5. The molecule has 134 valence electrons. The van der Waals surface area contributed by atoms with Crippen molar-refractivity contribution in [3.05, 3.63) is 53.6 Å². The predicted molar refractivity (Wildman–Crippen MR) is 97.4 cm³/mol. The molecule has 0 saturated carbocycles. The van der Waals surface area contributed by atoms with E-state index < -0.39 is 12.2 Å². The van der Waals surface area contributed by atoms with Gasteiger partial charge in [-0.15, -0.1) is 0 Å². The standard InChI is InChI=1S/C20H24O5/c1-5-6-14-7-10-17(19(11-14)24-4)25-13(2)20(22)15-8-9-16(21)18(12-15)23-3/h5-13,20-22H,1-4H3/b6-5+/t13-,20-/m1/s1. The molecule has 0 aliphatic carbocycles. The van der Waals surface area contributed by atoms with E-state index in [4.69, 9.17) is 14.2 Å². The molecule has 0 aliphatic rings. The fourth-order valence-electron chi connectivity index (χ4n) is 2.49. The highest BCUT2D eigenvalue weighted by atomic mass is 16.5. The van der Waals surface area contributed by atoms with Gasteiger partial charge in [-0.1, -0.05) is 24.3 Å². The normalized spacial score (nSPS) is 13.5. The molecule has 0 amide bonds. The summed E-state index contributed by atoms with van der Waals surface area (Å²) in [6.45, 7) is 3.71. The fourth-order valence-corrected chi connectivity index (χ4v) is 2.49.